The maximum absolute atomic E-state index is 12.1. The number of benzene rings is 2. The maximum atomic E-state index is 12.1. The van der Waals surface area contributed by atoms with Crippen molar-refractivity contribution in [1.82, 2.24) is 5.32 Å². The second kappa shape index (κ2) is 10.5. The molecule has 166 valence electrons. The summed E-state index contributed by atoms with van der Waals surface area (Å²) in [5.41, 5.74) is 4.51. The van der Waals surface area contributed by atoms with Gasteiger partial charge in [-0.3, -0.25) is 0 Å². The summed E-state index contributed by atoms with van der Waals surface area (Å²) in [5.74, 6) is 1.56. The summed E-state index contributed by atoms with van der Waals surface area (Å²) in [6, 6.07) is 11.8. The molecule has 0 aliphatic heterocycles. The van der Waals surface area contributed by atoms with Crippen molar-refractivity contribution in [3.63, 3.8) is 0 Å². The highest BCUT2D eigenvalue weighted by Crippen LogP contribution is 2.31. The fraction of sp³-hybridized carbons (Fsp3) is 0.423. The molecule has 3 aromatic rings. The predicted octanol–water partition coefficient (Wildman–Crippen LogP) is 5.84. The number of nitrogens with one attached hydrogen (secondary N) is 1. The van der Waals surface area contributed by atoms with E-state index in [0.29, 0.717) is 25.3 Å². The SMILES string of the molecule is CCCOc1ccc([C@H](C)NCc2cc(=O)oc3c(C)c(C)ccc23)cc1OCCC. The normalized spacial score (nSPS) is 12.2. The molecule has 0 bridgehead atoms. The van der Waals surface area contributed by atoms with Gasteiger partial charge in [0.1, 0.15) is 5.58 Å². The summed E-state index contributed by atoms with van der Waals surface area (Å²) >= 11 is 0. The summed E-state index contributed by atoms with van der Waals surface area (Å²) < 4.78 is 17.3. The minimum Gasteiger partial charge on any atom is -0.490 e. The van der Waals surface area contributed by atoms with Crippen LogP contribution in [0, 0.1) is 13.8 Å². The highest BCUT2D eigenvalue weighted by molar-refractivity contribution is 5.83. The third-order valence-electron chi connectivity index (χ3n) is 5.51. The van der Waals surface area contributed by atoms with E-state index in [1.54, 1.807) is 6.07 Å². The molecular weight excluding hydrogens is 390 g/mol. The Morgan fingerprint density at radius 2 is 1.68 bits per heavy atom. The lowest BCUT2D eigenvalue weighted by atomic mass is 10.0. The molecule has 0 aliphatic rings. The lowest BCUT2D eigenvalue weighted by Gasteiger charge is -2.18. The number of ether oxygens (including phenoxy) is 2. The van der Waals surface area contributed by atoms with E-state index >= 15 is 0 Å². The van der Waals surface area contributed by atoms with Crippen molar-refractivity contribution in [2.75, 3.05) is 13.2 Å². The average molecular weight is 424 g/mol. The minimum absolute atomic E-state index is 0.0676. The van der Waals surface area contributed by atoms with Gasteiger partial charge in [0.25, 0.3) is 0 Å². The molecular formula is C26H33NO4. The van der Waals surface area contributed by atoms with Gasteiger partial charge in [0.05, 0.1) is 13.2 Å². The van der Waals surface area contributed by atoms with E-state index < -0.39 is 0 Å². The highest BCUT2D eigenvalue weighted by atomic mass is 16.5. The summed E-state index contributed by atoms with van der Waals surface area (Å²) in [6.45, 7) is 12.2. The zero-order valence-electron chi connectivity index (χ0n) is 19.2. The Morgan fingerprint density at radius 1 is 0.968 bits per heavy atom. The molecule has 2 aromatic carbocycles. The van der Waals surface area contributed by atoms with Crippen LogP contribution in [0.25, 0.3) is 11.0 Å². The quantitative estimate of drug-likeness (QED) is 0.415. The topological polar surface area (TPSA) is 60.7 Å². The third-order valence-corrected chi connectivity index (χ3v) is 5.51. The van der Waals surface area contributed by atoms with E-state index in [2.05, 4.69) is 38.2 Å². The molecule has 5 nitrogen and oxygen atoms in total. The largest absolute Gasteiger partial charge is 0.490 e. The van der Waals surface area contributed by atoms with Gasteiger partial charge < -0.3 is 19.2 Å². The van der Waals surface area contributed by atoms with Gasteiger partial charge in [-0.1, -0.05) is 32.0 Å². The Balaban J connectivity index is 1.81. The van der Waals surface area contributed by atoms with Crippen molar-refractivity contribution < 1.29 is 13.9 Å². The predicted molar refractivity (Wildman–Crippen MR) is 125 cm³/mol. The molecule has 0 unspecified atom stereocenters. The first kappa shape index (κ1) is 22.9. The Labute approximate surface area is 184 Å². The Bertz CT molecular complexity index is 1090. The molecule has 0 aliphatic carbocycles. The van der Waals surface area contributed by atoms with Crippen molar-refractivity contribution in [2.24, 2.45) is 0 Å². The molecule has 1 N–H and O–H groups in total. The van der Waals surface area contributed by atoms with Crippen LogP contribution < -0.4 is 20.4 Å². The molecule has 31 heavy (non-hydrogen) atoms. The van der Waals surface area contributed by atoms with Gasteiger partial charge in [0.2, 0.25) is 0 Å². The van der Waals surface area contributed by atoms with Crippen molar-refractivity contribution in [3.05, 3.63) is 69.1 Å². The number of hydrogen-bond acceptors (Lipinski definition) is 5. The average Bonchev–Trinajstić information content (AvgIpc) is 2.77. The Morgan fingerprint density at radius 3 is 2.39 bits per heavy atom. The van der Waals surface area contributed by atoms with Gasteiger partial charge in [-0.15, -0.1) is 0 Å². The first-order chi connectivity index (χ1) is 14.9. The molecule has 0 saturated carbocycles. The first-order valence-corrected chi connectivity index (χ1v) is 11.1. The van der Waals surface area contributed by atoms with Gasteiger partial charge in [-0.25, -0.2) is 4.79 Å². The van der Waals surface area contributed by atoms with Crippen LogP contribution in [0.2, 0.25) is 0 Å². The number of fused-ring (bicyclic) bond motifs is 1. The molecule has 0 amide bonds. The van der Waals surface area contributed by atoms with Crippen LogP contribution >= 0.6 is 0 Å². The zero-order valence-corrected chi connectivity index (χ0v) is 19.2. The summed E-state index contributed by atoms with van der Waals surface area (Å²) in [4.78, 5) is 12.1. The van der Waals surface area contributed by atoms with Crippen LogP contribution in [0.1, 0.15) is 61.9 Å². The second-order valence-corrected chi connectivity index (χ2v) is 7.98. The van der Waals surface area contributed by atoms with Crippen LogP contribution in [0.4, 0.5) is 0 Å². The van der Waals surface area contributed by atoms with E-state index in [-0.39, 0.29) is 11.7 Å². The fourth-order valence-corrected chi connectivity index (χ4v) is 3.50. The van der Waals surface area contributed by atoms with E-state index in [1.165, 1.54) is 0 Å². The van der Waals surface area contributed by atoms with Crippen LogP contribution in [-0.4, -0.2) is 13.2 Å². The van der Waals surface area contributed by atoms with E-state index in [9.17, 15) is 4.79 Å². The van der Waals surface area contributed by atoms with Crippen molar-refractivity contribution in [1.29, 1.82) is 0 Å². The molecule has 0 fully saturated rings. The van der Waals surface area contributed by atoms with Crippen LogP contribution in [0.3, 0.4) is 0 Å². The van der Waals surface area contributed by atoms with Crippen LogP contribution in [0.15, 0.2) is 45.6 Å². The van der Waals surface area contributed by atoms with Crippen LogP contribution in [0.5, 0.6) is 11.5 Å². The highest BCUT2D eigenvalue weighted by Gasteiger charge is 2.14. The summed E-state index contributed by atoms with van der Waals surface area (Å²) in [5, 5.41) is 4.51. The first-order valence-electron chi connectivity index (χ1n) is 11.1. The molecule has 1 atom stereocenters. The third kappa shape index (κ3) is 5.47. The van der Waals surface area contributed by atoms with E-state index in [0.717, 1.165) is 52.0 Å². The Hall–Kier alpha value is -2.79. The lowest BCUT2D eigenvalue weighted by Crippen LogP contribution is -2.19. The van der Waals surface area contributed by atoms with Gasteiger partial charge >= 0.3 is 5.63 Å². The smallest absolute Gasteiger partial charge is 0.336 e. The minimum atomic E-state index is -0.321. The Kier molecular flexibility index (Phi) is 7.75. The number of rotatable bonds is 10. The second-order valence-electron chi connectivity index (χ2n) is 7.98. The summed E-state index contributed by atoms with van der Waals surface area (Å²) in [7, 11) is 0. The molecule has 5 heteroatoms. The molecule has 1 heterocycles. The molecule has 0 saturated heterocycles. The number of aryl methyl sites for hydroxylation is 2. The maximum Gasteiger partial charge on any atom is 0.336 e. The fourth-order valence-electron chi connectivity index (χ4n) is 3.50. The zero-order chi connectivity index (χ0) is 22.4. The molecule has 3 rings (SSSR count). The molecule has 0 radical (unpaired) electrons. The monoisotopic (exact) mass is 423 g/mol. The molecule has 0 spiro atoms. The molecule has 1 aromatic heterocycles. The van der Waals surface area contributed by atoms with Gasteiger partial charge in [0.15, 0.2) is 11.5 Å². The van der Waals surface area contributed by atoms with Crippen molar-refractivity contribution >= 4 is 11.0 Å². The lowest BCUT2D eigenvalue weighted by molar-refractivity contribution is 0.268. The standard InChI is InChI=1S/C26H33NO4/c1-6-12-29-23-11-9-20(14-24(23)30-13-7-2)19(5)27-16-21-15-25(28)31-26-18(4)17(3)8-10-22(21)26/h8-11,14-15,19,27H,6-7,12-13,16H2,1-5H3/t19-/m0/s1. The van der Waals surface area contributed by atoms with E-state index in [4.69, 9.17) is 13.9 Å². The van der Waals surface area contributed by atoms with Crippen molar-refractivity contribution in [3.8, 4) is 11.5 Å². The number of hydrogen-bond donors (Lipinski definition) is 1. The van der Waals surface area contributed by atoms with Crippen LogP contribution in [-0.2, 0) is 6.54 Å². The van der Waals surface area contributed by atoms with Gasteiger partial charge in [-0.2, -0.15) is 0 Å². The van der Waals surface area contributed by atoms with E-state index in [1.807, 2.05) is 32.0 Å². The van der Waals surface area contributed by atoms with Gasteiger partial charge in [0, 0.05) is 24.0 Å². The summed E-state index contributed by atoms with van der Waals surface area (Å²) in [6.07, 6.45) is 1.89. The van der Waals surface area contributed by atoms with Crippen molar-refractivity contribution in [2.45, 2.75) is 60.0 Å². The van der Waals surface area contributed by atoms with Gasteiger partial charge in [-0.05, 0) is 68.0 Å².